The molecular weight excluding hydrogens is 176 g/mol. The molecule has 0 amide bonds. The van der Waals surface area contributed by atoms with Crippen LogP contribution in [0, 0.1) is 5.92 Å². The molecule has 0 N–H and O–H groups in total. The standard InChI is InChI=1S/C12H26S/c1-4-7-10-11(8-5-2)12(13)9-6-3/h11-13H,4-10H2,1-3H3. The first kappa shape index (κ1) is 13.4. The Kier molecular flexibility index (Phi) is 9.17. The first-order valence-electron chi connectivity index (χ1n) is 5.94. The number of hydrogen-bond donors (Lipinski definition) is 1. The predicted molar refractivity (Wildman–Crippen MR) is 65.6 cm³/mol. The third-order valence-electron chi connectivity index (χ3n) is 2.72. The molecule has 0 rings (SSSR count). The molecule has 0 aromatic heterocycles. The van der Waals surface area contributed by atoms with E-state index in [1.165, 1.54) is 44.9 Å². The van der Waals surface area contributed by atoms with E-state index in [4.69, 9.17) is 12.6 Å². The molecule has 0 saturated heterocycles. The zero-order chi connectivity index (χ0) is 10.1. The van der Waals surface area contributed by atoms with Crippen LogP contribution in [0.5, 0.6) is 0 Å². The number of rotatable bonds is 8. The fourth-order valence-electron chi connectivity index (χ4n) is 1.90. The van der Waals surface area contributed by atoms with E-state index in [0.717, 1.165) is 5.92 Å². The summed E-state index contributed by atoms with van der Waals surface area (Å²) in [5, 5.41) is 0.650. The van der Waals surface area contributed by atoms with Crippen LogP contribution in [-0.4, -0.2) is 5.25 Å². The maximum atomic E-state index is 4.71. The molecule has 0 aromatic rings. The molecule has 0 fully saturated rings. The fraction of sp³-hybridized carbons (Fsp3) is 1.00. The van der Waals surface area contributed by atoms with Gasteiger partial charge in [-0.05, 0) is 25.2 Å². The lowest BCUT2D eigenvalue weighted by molar-refractivity contribution is 0.403. The van der Waals surface area contributed by atoms with E-state index in [2.05, 4.69) is 20.8 Å². The van der Waals surface area contributed by atoms with Gasteiger partial charge >= 0.3 is 0 Å². The monoisotopic (exact) mass is 202 g/mol. The van der Waals surface area contributed by atoms with Crippen LogP contribution in [0.4, 0.5) is 0 Å². The Morgan fingerprint density at radius 3 is 1.92 bits per heavy atom. The lowest BCUT2D eigenvalue weighted by Gasteiger charge is -2.22. The van der Waals surface area contributed by atoms with Gasteiger partial charge in [0.1, 0.15) is 0 Å². The van der Waals surface area contributed by atoms with Crippen molar-refractivity contribution in [3.05, 3.63) is 0 Å². The van der Waals surface area contributed by atoms with Gasteiger partial charge in [0.05, 0.1) is 0 Å². The topological polar surface area (TPSA) is 0 Å². The van der Waals surface area contributed by atoms with E-state index >= 15 is 0 Å². The van der Waals surface area contributed by atoms with Gasteiger partial charge in [-0.15, -0.1) is 0 Å². The maximum Gasteiger partial charge on any atom is 0.00449 e. The molecule has 2 unspecified atom stereocenters. The van der Waals surface area contributed by atoms with Gasteiger partial charge in [-0.3, -0.25) is 0 Å². The van der Waals surface area contributed by atoms with Crippen molar-refractivity contribution < 1.29 is 0 Å². The molecule has 0 aliphatic carbocycles. The van der Waals surface area contributed by atoms with Gasteiger partial charge in [0.2, 0.25) is 0 Å². The number of thiol groups is 1. The Labute approximate surface area is 89.9 Å². The Morgan fingerprint density at radius 2 is 1.46 bits per heavy atom. The van der Waals surface area contributed by atoms with Crippen molar-refractivity contribution in [1.82, 2.24) is 0 Å². The van der Waals surface area contributed by atoms with Crippen molar-refractivity contribution in [3.8, 4) is 0 Å². The van der Waals surface area contributed by atoms with Gasteiger partial charge in [-0.1, -0.05) is 46.5 Å². The Hall–Kier alpha value is 0.350. The molecule has 0 aromatic carbocycles. The van der Waals surface area contributed by atoms with Crippen molar-refractivity contribution >= 4 is 12.6 Å². The minimum absolute atomic E-state index is 0.650. The lowest BCUT2D eigenvalue weighted by atomic mass is 9.91. The molecule has 0 nitrogen and oxygen atoms in total. The highest BCUT2D eigenvalue weighted by atomic mass is 32.1. The second-order valence-electron chi connectivity index (χ2n) is 4.05. The normalized spacial score (nSPS) is 15.7. The summed E-state index contributed by atoms with van der Waals surface area (Å²) in [6.07, 6.45) is 9.35. The third kappa shape index (κ3) is 6.42. The molecule has 0 saturated carbocycles. The summed E-state index contributed by atoms with van der Waals surface area (Å²) >= 11 is 4.71. The van der Waals surface area contributed by atoms with E-state index in [1.807, 2.05) is 0 Å². The molecule has 0 aliphatic heterocycles. The zero-order valence-electron chi connectivity index (χ0n) is 9.55. The van der Waals surface area contributed by atoms with E-state index in [0.29, 0.717) is 5.25 Å². The highest BCUT2D eigenvalue weighted by Gasteiger charge is 2.15. The number of hydrogen-bond acceptors (Lipinski definition) is 1. The molecule has 2 atom stereocenters. The summed E-state index contributed by atoms with van der Waals surface area (Å²) in [7, 11) is 0. The molecule has 0 aliphatic rings. The van der Waals surface area contributed by atoms with Crippen molar-refractivity contribution in [2.45, 2.75) is 71.0 Å². The molecule has 13 heavy (non-hydrogen) atoms. The third-order valence-corrected chi connectivity index (χ3v) is 3.40. The van der Waals surface area contributed by atoms with Crippen LogP contribution in [0.2, 0.25) is 0 Å². The van der Waals surface area contributed by atoms with E-state index in [1.54, 1.807) is 0 Å². The summed E-state index contributed by atoms with van der Waals surface area (Å²) < 4.78 is 0. The van der Waals surface area contributed by atoms with Crippen LogP contribution in [-0.2, 0) is 0 Å². The molecule has 0 heterocycles. The first-order chi connectivity index (χ1) is 6.26. The predicted octanol–water partition coefficient (Wildman–Crippen LogP) is 4.69. The van der Waals surface area contributed by atoms with Gasteiger partial charge in [-0.2, -0.15) is 12.6 Å². The molecule has 80 valence electrons. The lowest BCUT2D eigenvalue weighted by Crippen LogP contribution is -2.14. The van der Waals surface area contributed by atoms with E-state index in [9.17, 15) is 0 Å². The maximum absolute atomic E-state index is 4.71. The quantitative estimate of drug-likeness (QED) is 0.542. The van der Waals surface area contributed by atoms with Gasteiger partial charge in [0, 0.05) is 5.25 Å². The van der Waals surface area contributed by atoms with Crippen LogP contribution in [0.3, 0.4) is 0 Å². The van der Waals surface area contributed by atoms with E-state index in [-0.39, 0.29) is 0 Å². The molecule has 0 spiro atoms. The van der Waals surface area contributed by atoms with Crippen molar-refractivity contribution in [2.75, 3.05) is 0 Å². The average Bonchev–Trinajstić information content (AvgIpc) is 2.12. The SMILES string of the molecule is CCCCC(CCC)C(S)CCC. The molecule has 1 heteroatoms. The van der Waals surface area contributed by atoms with Crippen LogP contribution in [0.1, 0.15) is 65.7 Å². The van der Waals surface area contributed by atoms with Gasteiger partial charge in [0.15, 0.2) is 0 Å². The second-order valence-corrected chi connectivity index (χ2v) is 4.71. The van der Waals surface area contributed by atoms with Gasteiger partial charge in [0.25, 0.3) is 0 Å². The van der Waals surface area contributed by atoms with Crippen molar-refractivity contribution in [2.24, 2.45) is 5.92 Å². The van der Waals surface area contributed by atoms with Gasteiger partial charge < -0.3 is 0 Å². The van der Waals surface area contributed by atoms with Gasteiger partial charge in [-0.25, -0.2) is 0 Å². The molecule has 0 radical (unpaired) electrons. The summed E-state index contributed by atoms with van der Waals surface area (Å²) in [4.78, 5) is 0. The highest BCUT2D eigenvalue weighted by molar-refractivity contribution is 7.81. The smallest absolute Gasteiger partial charge is 0.00449 e. The summed E-state index contributed by atoms with van der Waals surface area (Å²) in [6, 6.07) is 0. The largest absolute Gasteiger partial charge is 0.176 e. The molecule has 0 bridgehead atoms. The fourth-order valence-corrected chi connectivity index (χ4v) is 2.45. The van der Waals surface area contributed by atoms with Crippen LogP contribution >= 0.6 is 12.6 Å². The van der Waals surface area contributed by atoms with Crippen molar-refractivity contribution in [3.63, 3.8) is 0 Å². The Morgan fingerprint density at radius 1 is 0.846 bits per heavy atom. The highest BCUT2D eigenvalue weighted by Crippen LogP contribution is 2.25. The number of unbranched alkanes of at least 4 members (excludes halogenated alkanes) is 1. The Bertz CT molecular complexity index is 101. The van der Waals surface area contributed by atoms with Crippen LogP contribution in [0.25, 0.3) is 0 Å². The van der Waals surface area contributed by atoms with Crippen LogP contribution in [0.15, 0.2) is 0 Å². The zero-order valence-corrected chi connectivity index (χ0v) is 10.4. The second kappa shape index (κ2) is 8.93. The summed E-state index contributed by atoms with van der Waals surface area (Å²) in [5.41, 5.74) is 0. The van der Waals surface area contributed by atoms with Crippen LogP contribution < -0.4 is 0 Å². The summed E-state index contributed by atoms with van der Waals surface area (Å²) in [5.74, 6) is 0.869. The first-order valence-corrected chi connectivity index (χ1v) is 6.45. The minimum Gasteiger partial charge on any atom is -0.176 e. The van der Waals surface area contributed by atoms with Crippen molar-refractivity contribution in [1.29, 1.82) is 0 Å². The summed E-state index contributed by atoms with van der Waals surface area (Å²) in [6.45, 7) is 6.81. The van der Waals surface area contributed by atoms with E-state index < -0.39 is 0 Å². The molecular formula is C12H26S. The minimum atomic E-state index is 0.650. The average molecular weight is 202 g/mol. The Balaban J connectivity index is 3.75.